The topological polar surface area (TPSA) is 236 Å². The van der Waals surface area contributed by atoms with Gasteiger partial charge in [0.15, 0.2) is 0 Å². The molecule has 4 fully saturated rings. The summed E-state index contributed by atoms with van der Waals surface area (Å²) < 4.78 is 33.1. The zero-order chi connectivity index (χ0) is 64.4. The lowest BCUT2D eigenvalue weighted by Gasteiger charge is -2.42. The molecule has 3 N–H and O–H groups in total. The maximum atomic E-state index is 14.0. The summed E-state index contributed by atoms with van der Waals surface area (Å²) in [6.45, 7) is 33.4. The second-order valence-electron chi connectivity index (χ2n) is 26.7. The first kappa shape index (κ1) is 67.3. The molecule has 0 unspecified atom stereocenters. The number of ether oxygens (including phenoxy) is 4. The fourth-order valence-electron chi connectivity index (χ4n) is 13.0. The Bertz CT molecular complexity index is 4370. The van der Waals surface area contributed by atoms with E-state index in [0.717, 1.165) is 151 Å². The maximum Gasteiger partial charge on any atom is 0.335 e. The number of likely N-dealkylation sites (tertiary alicyclic amines) is 1. The number of piperazine rings is 1. The third-order valence-electron chi connectivity index (χ3n) is 18.3. The molecular weight excluding hydrogens is 1170 g/mol. The number of carboxylic acids is 1. The van der Waals surface area contributed by atoms with Crippen molar-refractivity contribution in [1.29, 1.82) is 0 Å². The number of aromatic nitrogens is 8. The van der Waals surface area contributed by atoms with Crippen LogP contribution in [0, 0.1) is 41.5 Å². The summed E-state index contributed by atoms with van der Waals surface area (Å²) in [5, 5.41) is 21.6. The summed E-state index contributed by atoms with van der Waals surface area (Å²) in [6.07, 6.45) is 4.23. The fourth-order valence-corrected chi connectivity index (χ4v) is 13.0. The number of piperidine rings is 1. The van der Waals surface area contributed by atoms with Crippen LogP contribution in [-0.2, 0) is 20.3 Å². The summed E-state index contributed by atoms with van der Waals surface area (Å²) in [4.78, 5) is 59.2. The van der Waals surface area contributed by atoms with Gasteiger partial charge in [-0.1, -0.05) is 73.1 Å². The Morgan fingerprint density at radius 1 is 0.538 bits per heavy atom. The zero-order valence-electron chi connectivity index (χ0n) is 54.9. The van der Waals surface area contributed by atoms with E-state index < -0.39 is 5.97 Å². The molecule has 20 nitrogen and oxygen atoms in total. The van der Waals surface area contributed by atoms with Crippen molar-refractivity contribution in [3.05, 3.63) is 117 Å². The molecule has 0 saturated carbocycles. The van der Waals surface area contributed by atoms with Gasteiger partial charge in [0.1, 0.15) is 46.0 Å². The van der Waals surface area contributed by atoms with E-state index in [1.165, 1.54) is 32.4 Å². The van der Waals surface area contributed by atoms with Crippen LogP contribution in [0.15, 0.2) is 69.7 Å². The van der Waals surface area contributed by atoms with Crippen LogP contribution in [0.2, 0.25) is 0 Å². The van der Waals surface area contributed by atoms with E-state index in [0.29, 0.717) is 64.9 Å². The van der Waals surface area contributed by atoms with Crippen LogP contribution in [0.4, 0.5) is 0 Å². The first-order chi connectivity index (χ1) is 43.5. The Labute approximate surface area is 544 Å². The Morgan fingerprint density at radius 3 is 1.33 bits per heavy atom. The molecule has 93 heavy (non-hydrogen) atoms. The lowest BCUT2D eigenvalue weighted by molar-refractivity contribution is -0.0746. The number of amides is 1. The van der Waals surface area contributed by atoms with Crippen molar-refractivity contribution < 1.29 is 42.7 Å². The van der Waals surface area contributed by atoms with Crippen LogP contribution < -0.4 is 9.47 Å². The number of benzene rings is 4. The molecule has 4 saturated heterocycles. The van der Waals surface area contributed by atoms with Gasteiger partial charge in [0.05, 0.1) is 103 Å². The van der Waals surface area contributed by atoms with Crippen molar-refractivity contribution in [3.63, 3.8) is 0 Å². The zero-order valence-corrected chi connectivity index (χ0v) is 54.9. The molecule has 0 aliphatic carbocycles. The molecule has 4 aliphatic heterocycles. The van der Waals surface area contributed by atoms with Gasteiger partial charge >= 0.3 is 5.97 Å². The predicted octanol–water partition coefficient (Wildman–Crippen LogP) is 14.3. The van der Waals surface area contributed by atoms with Gasteiger partial charge in [0.25, 0.3) is 5.91 Å². The first-order valence-electron chi connectivity index (χ1n) is 31.6. The molecule has 14 rings (SSSR count). The Morgan fingerprint density at radius 2 is 0.957 bits per heavy atom. The first-order valence-corrected chi connectivity index (χ1v) is 31.6. The number of aromatic carboxylic acids is 1. The van der Waals surface area contributed by atoms with Gasteiger partial charge in [-0.25, -0.2) is 24.7 Å². The van der Waals surface area contributed by atoms with Crippen molar-refractivity contribution in [1.82, 2.24) is 54.9 Å². The molecule has 4 aromatic carbocycles. The summed E-state index contributed by atoms with van der Waals surface area (Å²) in [7, 11) is 3.30. The second kappa shape index (κ2) is 26.8. The molecule has 20 heteroatoms. The van der Waals surface area contributed by atoms with Crippen molar-refractivity contribution in [3.8, 4) is 56.3 Å². The second-order valence-corrected chi connectivity index (χ2v) is 26.7. The number of aromatic amines is 2. The average molecular weight is 1270 g/mol. The minimum Gasteiger partial charge on any atom is -0.496 e. The molecule has 0 radical (unpaired) electrons. The SMILES string of the molecule is C.C.C1CCN(C2COC2)CC1.COc1cc2c(cc1-c1c(C)noc1C)[nH]c1nc(C)nc(-c3cc(C(=O)N4CCN(C5COC5)CC4)cc(C(C)(C)C)c3)c12.COc1cc2c(cc1-c1c(C)noc1C)[nH]c1nc(C)nc(-c3cc(C(=O)O)cc(C(C)(C)C)c3)c12. The largest absolute Gasteiger partial charge is 0.496 e. The van der Waals surface area contributed by atoms with Gasteiger partial charge in [-0.05, 0) is 150 Å². The van der Waals surface area contributed by atoms with Gasteiger partial charge in [-0.3, -0.25) is 14.6 Å². The molecule has 0 bridgehead atoms. The Balaban J connectivity index is 0.000000176. The maximum absolute atomic E-state index is 14.0. The third-order valence-corrected chi connectivity index (χ3v) is 18.3. The summed E-state index contributed by atoms with van der Waals surface area (Å²) in [5.74, 6) is 3.11. The lowest BCUT2D eigenvalue weighted by atomic mass is 9.84. The Kier molecular flexibility index (Phi) is 19.4. The van der Waals surface area contributed by atoms with Crippen molar-refractivity contribution in [2.75, 3.05) is 79.9 Å². The predicted molar refractivity (Wildman–Crippen MR) is 366 cm³/mol. The molecular formula is C73H91N11O9. The van der Waals surface area contributed by atoms with Gasteiger partial charge in [0.2, 0.25) is 0 Å². The smallest absolute Gasteiger partial charge is 0.335 e. The van der Waals surface area contributed by atoms with E-state index in [2.05, 4.69) is 94.8 Å². The van der Waals surface area contributed by atoms with Crippen LogP contribution in [0.25, 0.3) is 88.6 Å². The number of nitrogens with one attached hydrogen (secondary N) is 2. The van der Waals surface area contributed by atoms with E-state index in [1.54, 1.807) is 26.4 Å². The fraction of sp³-hybridized carbons (Fsp3) is 0.452. The minimum atomic E-state index is -0.978. The average Bonchev–Trinajstić information content (AvgIpc) is 1.64. The van der Waals surface area contributed by atoms with Crippen molar-refractivity contribution in [2.45, 2.75) is 140 Å². The number of fused-ring (bicyclic) bond motifs is 6. The number of aryl methyl sites for hydroxylation is 6. The van der Waals surface area contributed by atoms with Gasteiger partial charge in [-0.2, -0.15) is 0 Å². The van der Waals surface area contributed by atoms with Gasteiger partial charge < -0.3 is 48.0 Å². The number of carboxylic acid groups (broad SMARTS) is 1. The van der Waals surface area contributed by atoms with Crippen molar-refractivity contribution in [2.24, 2.45) is 0 Å². The normalized spacial score (nSPS) is 15.8. The number of hydrogen-bond donors (Lipinski definition) is 3. The van der Waals surface area contributed by atoms with Crippen LogP contribution in [-0.4, -0.2) is 164 Å². The highest BCUT2D eigenvalue weighted by Crippen LogP contribution is 2.45. The van der Waals surface area contributed by atoms with Crippen LogP contribution >= 0.6 is 0 Å². The van der Waals surface area contributed by atoms with E-state index in [1.807, 2.05) is 76.8 Å². The lowest BCUT2D eigenvalue weighted by Crippen LogP contribution is -2.57. The molecule has 1 amide bonds. The number of nitrogens with zero attached hydrogens (tertiary/aromatic N) is 9. The molecule has 10 heterocycles. The van der Waals surface area contributed by atoms with Crippen LogP contribution in [0.1, 0.15) is 142 Å². The highest BCUT2D eigenvalue weighted by atomic mass is 16.5. The molecule has 4 aliphatic rings. The quantitative estimate of drug-likeness (QED) is 0.115. The third kappa shape index (κ3) is 13.4. The van der Waals surface area contributed by atoms with Gasteiger partial charge in [-0.15, -0.1) is 0 Å². The molecule has 6 aromatic heterocycles. The van der Waals surface area contributed by atoms with Crippen LogP contribution in [0.3, 0.4) is 0 Å². The molecule has 10 aromatic rings. The number of rotatable bonds is 10. The highest BCUT2D eigenvalue weighted by molar-refractivity contribution is 6.15. The number of carbonyl (C=O) groups excluding carboxylic acids is 1. The monoisotopic (exact) mass is 1270 g/mol. The summed E-state index contributed by atoms with van der Waals surface area (Å²) in [6, 6.07) is 21.0. The number of hydrogen-bond acceptors (Lipinski definition) is 16. The standard InChI is InChI=1S/C35H40N6O4.C28H28N4O4.C8H15NO.2CH4/c1-19-30(20(2)45-39-19)27-15-28-26(16-29(27)43-7)31-32(36-21(3)37-33(31)38-28)22-12-23(14-24(13-22)35(4,5)6)34(42)41-10-8-40(9-11-41)25-17-44-18-25;1-13-23(14(2)36-32-13)20-11-21-19(12-22(20)35-7)24-25(29-15(3)30-26(24)31-21)16-8-17(27(33)34)10-18(9-16)28(4,5)6;1-2-4-9(5-3-1)8-6-10-7-8;;/h12-16,25H,8-11,17-18H2,1-7H3,(H,36,37,38);8-12H,1-7H3,(H,33,34)(H,29,30,31);8H,1-7H2;2*1H4. The molecule has 492 valence electrons. The van der Waals surface area contributed by atoms with Gasteiger partial charge in [0, 0.05) is 75.8 Å². The highest BCUT2D eigenvalue weighted by Gasteiger charge is 2.33. The van der Waals surface area contributed by atoms with E-state index >= 15 is 0 Å². The number of H-pyrrole nitrogens is 2. The summed E-state index contributed by atoms with van der Waals surface area (Å²) >= 11 is 0. The minimum absolute atomic E-state index is 0. The Hall–Kier alpha value is -8.56. The van der Waals surface area contributed by atoms with Crippen LogP contribution in [0.5, 0.6) is 11.5 Å². The number of methoxy groups -OCH3 is 2. The van der Waals surface area contributed by atoms with E-state index in [-0.39, 0.29) is 37.2 Å². The summed E-state index contributed by atoms with van der Waals surface area (Å²) in [5.41, 5.74) is 13.8. The van der Waals surface area contributed by atoms with Crippen molar-refractivity contribution >= 4 is 55.7 Å². The molecule has 0 spiro atoms. The molecule has 0 atom stereocenters. The van der Waals surface area contributed by atoms with E-state index in [9.17, 15) is 14.7 Å². The number of carbonyl (C=O) groups is 2. The van der Waals surface area contributed by atoms with E-state index in [4.69, 9.17) is 42.9 Å².